The number of thioether (sulfide) groups is 1. The first kappa shape index (κ1) is 16.4. The zero-order valence-corrected chi connectivity index (χ0v) is 13.9. The predicted molar refractivity (Wildman–Crippen MR) is 85.7 cm³/mol. The average molecular weight is 310 g/mol. The first-order valence-electron chi connectivity index (χ1n) is 7.99. The highest BCUT2D eigenvalue weighted by molar-refractivity contribution is 7.99. The average Bonchev–Trinajstić information content (AvgIpc) is 2.86. The fourth-order valence-electron chi connectivity index (χ4n) is 3.08. The van der Waals surface area contributed by atoms with Crippen LogP contribution in [0, 0.1) is 11.8 Å². The predicted octanol–water partition coefficient (Wildman–Crippen LogP) is 3.84. The van der Waals surface area contributed by atoms with Gasteiger partial charge in [0.25, 0.3) is 0 Å². The number of aliphatic carboxylic acids is 1. The van der Waals surface area contributed by atoms with E-state index in [2.05, 4.69) is 23.4 Å². The van der Waals surface area contributed by atoms with E-state index in [-0.39, 0.29) is 5.75 Å². The molecule has 118 valence electrons. The van der Waals surface area contributed by atoms with E-state index in [4.69, 9.17) is 5.11 Å². The summed E-state index contributed by atoms with van der Waals surface area (Å²) in [5.74, 6) is 1.02. The molecule has 1 aromatic heterocycles. The van der Waals surface area contributed by atoms with Crippen molar-refractivity contribution in [2.45, 2.75) is 64.1 Å². The topological polar surface area (TPSA) is 55.1 Å². The highest BCUT2D eigenvalue weighted by atomic mass is 32.2. The minimum absolute atomic E-state index is 0.0844. The largest absolute Gasteiger partial charge is 0.481 e. The smallest absolute Gasteiger partial charge is 0.313 e. The second-order valence-corrected chi connectivity index (χ2v) is 7.08. The molecule has 1 aliphatic carbocycles. The van der Waals surface area contributed by atoms with Crippen molar-refractivity contribution in [1.29, 1.82) is 0 Å². The van der Waals surface area contributed by atoms with E-state index in [1.165, 1.54) is 49.6 Å². The molecule has 1 saturated carbocycles. The summed E-state index contributed by atoms with van der Waals surface area (Å²) in [7, 11) is 0. The molecule has 0 unspecified atom stereocenters. The second-order valence-electron chi connectivity index (χ2n) is 6.13. The Kier molecular flexibility index (Phi) is 6.15. The Balaban J connectivity index is 1.93. The van der Waals surface area contributed by atoms with Crippen LogP contribution in [0.3, 0.4) is 0 Å². The Morgan fingerprint density at radius 1 is 1.43 bits per heavy atom. The fourth-order valence-corrected chi connectivity index (χ4v) is 3.83. The molecule has 0 atom stereocenters. The van der Waals surface area contributed by atoms with Crippen molar-refractivity contribution < 1.29 is 9.90 Å². The number of nitrogens with zero attached hydrogens (tertiary/aromatic N) is 2. The van der Waals surface area contributed by atoms with E-state index in [9.17, 15) is 4.79 Å². The van der Waals surface area contributed by atoms with Gasteiger partial charge in [0, 0.05) is 18.4 Å². The molecule has 0 spiro atoms. The highest BCUT2D eigenvalue weighted by Crippen LogP contribution is 2.31. The lowest BCUT2D eigenvalue weighted by Gasteiger charge is -2.26. The Labute approximate surface area is 131 Å². The van der Waals surface area contributed by atoms with Crippen LogP contribution in [-0.2, 0) is 17.8 Å². The van der Waals surface area contributed by atoms with Crippen molar-refractivity contribution in [3.63, 3.8) is 0 Å². The summed E-state index contributed by atoms with van der Waals surface area (Å²) in [5.41, 5.74) is 1.21. The van der Waals surface area contributed by atoms with Crippen LogP contribution in [0.15, 0.2) is 11.4 Å². The number of aromatic nitrogens is 2. The number of carboxylic acid groups (broad SMARTS) is 1. The van der Waals surface area contributed by atoms with Crippen LogP contribution in [0.1, 0.15) is 51.6 Å². The van der Waals surface area contributed by atoms with Gasteiger partial charge in [0.15, 0.2) is 5.16 Å². The lowest BCUT2D eigenvalue weighted by atomic mass is 9.81. The number of imidazole rings is 1. The first-order chi connectivity index (χ1) is 10.1. The first-order valence-corrected chi connectivity index (χ1v) is 8.97. The monoisotopic (exact) mass is 310 g/mol. The number of rotatable bonds is 7. The van der Waals surface area contributed by atoms with Crippen LogP contribution < -0.4 is 0 Å². The van der Waals surface area contributed by atoms with Gasteiger partial charge in [-0.2, -0.15) is 0 Å². The molecule has 1 aromatic rings. The number of hydrogen-bond donors (Lipinski definition) is 1. The molecule has 0 saturated heterocycles. The van der Waals surface area contributed by atoms with Gasteiger partial charge >= 0.3 is 5.97 Å². The maximum Gasteiger partial charge on any atom is 0.313 e. The van der Waals surface area contributed by atoms with Crippen molar-refractivity contribution >= 4 is 17.7 Å². The molecule has 4 nitrogen and oxygen atoms in total. The Bertz CT molecular complexity index is 465. The zero-order valence-electron chi connectivity index (χ0n) is 13.0. The van der Waals surface area contributed by atoms with Gasteiger partial charge in [0.1, 0.15) is 0 Å². The standard InChI is InChI=1S/C16H26N2O2S/c1-3-14-10-17-16(21-11-15(19)20)18(14)9-8-13-6-4-12(2)5-7-13/h10,12-13H,3-9,11H2,1-2H3,(H,19,20). The highest BCUT2D eigenvalue weighted by Gasteiger charge is 2.19. The number of carbonyl (C=O) groups is 1. The zero-order chi connectivity index (χ0) is 15.2. The number of carboxylic acids is 1. The molecule has 0 aromatic carbocycles. The van der Waals surface area contributed by atoms with Crippen molar-refractivity contribution in [3.8, 4) is 0 Å². The Morgan fingerprint density at radius 3 is 2.76 bits per heavy atom. The molecule has 1 aliphatic rings. The van der Waals surface area contributed by atoms with Crippen LogP contribution in [0.4, 0.5) is 0 Å². The summed E-state index contributed by atoms with van der Waals surface area (Å²) < 4.78 is 2.23. The van der Waals surface area contributed by atoms with Crippen LogP contribution in [0.2, 0.25) is 0 Å². The summed E-state index contributed by atoms with van der Waals surface area (Å²) in [5, 5.41) is 9.69. The lowest BCUT2D eigenvalue weighted by molar-refractivity contribution is -0.133. The molecule has 1 heterocycles. The fraction of sp³-hybridized carbons (Fsp3) is 0.750. The van der Waals surface area contributed by atoms with Gasteiger partial charge in [-0.1, -0.05) is 51.3 Å². The van der Waals surface area contributed by atoms with Crippen LogP contribution >= 0.6 is 11.8 Å². The van der Waals surface area contributed by atoms with Crippen molar-refractivity contribution in [1.82, 2.24) is 9.55 Å². The Morgan fingerprint density at radius 2 is 2.14 bits per heavy atom. The van der Waals surface area contributed by atoms with Gasteiger partial charge in [-0.05, 0) is 24.7 Å². The summed E-state index contributed by atoms with van der Waals surface area (Å²) in [6.45, 7) is 5.45. The third-order valence-corrected chi connectivity index (χ3v) is 5.46. The third-order valence-electron chi connectivity index (χ3n) is 4.48. The SMILES string of the molecule is CCc1cnc(SCC(=O)O)n1CCC1CCC(C)CC1. The van der Waals surface area contributed by atoms with E-state index >= 15 is 0 Å². The van der Waals surface area contributed by atoms with Crippen molar-refractivity contribution in [3.05, 3.63) is 11.9 Å². The molecule has 0 aliphatic heterocycles. The van der Waals surface area contributed by atoms with E-state index in [0.717, 1.165) is 30.0 Å². The van der Waals surface area contributed by atoms with E-state index < -0.39 is 5.97 Å². The molecule has 0 radical (unpaired) electrons. The molecular formula is C16H26N2O2S. The quantitative estimate of drug-likeness (QED) is 0.777. The summed E-state index contributed by atoms with van der Waals surface area (Å²) in [4.78, 5) is 15.1. The molecule has 5 heteroatoms. The summed E-state index contributed by atoms with van der Waals surface area (Å²) >= 11 is 1.33. The van der Waals surface area contributed by atoms with E-state index in [1.54, 1.807) is 0 Å². The van der Waals surface area contributed by atoms with Gasteiger partial charge < -0.3 is 9.67 Å². The normalized spacial score (nSPS) is 22.4. The molecule has 1 N–H and O–H groups in total. The summed E-state index contributed by atoms with van der Waals surface area (Å²) in [6, 6.07) is 0. The van der Waals surface area contributed by atoms with E-state index in [1.807, 2.05) is 6.20 Å². The number of aryl methyl sites for hydroxylation is 1. The minimum Gasteiger partial charge on any atom is -0.481 e. The molecular weight excluding hydrogens is 284 g/mol. The molecule has 2 rings (SSSR count). The molecule has 1 fully saturated rings. The van der Waals surface area contributed by atoms with Gasteiger partial charge in [-0.25, -0.2) is 4.98 Å². The third kappa shape index (κ3) is 4.77. The van der Waals surface area contributed by atoms with Gasteiger partial charge in [-0.15, -0.1) is 0 Å². The molecule has 0 bridgehead atoms. The minimum atomic E-state index is -0.783. The second kappa shape index (κ2) is 7.87. The maximum atomic E-state index is 10.7. The Hall–Kier alpha value is -0.970. The molecule has 21 heavy (non-hydrogen) atoms. The lowest BCUT2D eigenvalue weighted by Crippen LogP contribution is -2.15. The number of hydrogen-bond acceptors (Lipinski definition) is 3. The van der Waals surface area contributed by atoms with Crippen LogP contribution in [0.25, 0.3) is 0 Å². The van der Waals surface area contributed by atoms with Gasteiger partial charge in [-0.3, -0.25) is 4.79 Å². The van der Waals surface area contributed by atoms with Crippen LogP contribution in [0.5, 0.6) is 0 Å². The van der Waals surface area contributed by atoms with Gasteiger partial charge in [0.05, 0.1) is 5.75 Å². The van der Waals surface area contributed by atoms with Crippen LogP contribution in [-0.4, -0.2) is 26.4 Å². The van der Waals surface area contributed by atoms with E-state index in [0.29, 0.717) is 0 Å². The summed E-state index contributed by atoms with van der Waals surface area (Å²) in [6.07, 6.45) is 9.43. The van der Waals surface area contributed by atoms with Crippen molar-refractivity contribution in [2.24, 2.45) is 11.8 Å². The van der Waals surface area contributed by atoms with Gasteiger partial charge in [0.2, 0.25) is 0 Å². The van der Waals surface area contributed by atoms with Crippen molar-refractivity contribution in [2.75, 3.05) is 5.75 Å². The molecule has 0 amide bonds. The maximum absolute atomic E-state index is 10.7.